The van der Waals surface area contributed by atoms with E-state index >= 15 is 0 Å². The van der Waals surface area contributed by atoms with Gasteiger partial charge in [0.2, 0.25) is 0 Å². The van der Waals surface area contributed by atoms with Crippen molar-refractivity contribution in [2.75, 3.05) is 19.8 Å². The van der Waals surface area contributed by atoms with E-state index in [4.69, 9.17) is 4.74 Å². The fourth-order valence-electron chi connectivity index (χ4n) is 2.55. The molecule has 6 nitrogen and oxygen atoms in total. The largest absolute Gasteiger partial charge is 0.433 e. The van der Waals surface area contributed by atoms with Crippen LogP contribution < -0.4 is 5.32 Å². The Morgan fingerprint density at radius 3 is 2.84 bits per heavy atom. The molecule has 1 aliphatic rings. The molecule has 9 heteroatoms. The van der Waals surface area contributed by atoms with Crippen LogP contribution in [0.3, 0.4) is 0 Å². The van der Waals surface area contributed by atoms with Crippen molar-refractivity contribution in [2.24, 2.45) is 0 Å². The minimum atomic E-state index is -4.57. The third kappa shape index (κ3) is 3.92. The number of hydrogen-bond acceptors (Lipinski definition) is 4. The second-order valence-corrected chi connectivity index (χ2v) is 5.94. The first-order valence-electron chi connectivity index (χ1n) is 8.23. The summed E-state index contributed by atoms with van der Waals surface area (Å²) in [6.45, 7) is 3.34. The molecule has 3 rings (SSSR count). The highest BCUT2D eigenvalue weighted by Gasteiger charge is 2.37. The van der Waals surface area contributed by atoms with Gasteiger partial charge in [0.25, 0.3) is 5.91 Å². The molecular formula is C16H19F3N4O2. The molecule has 136 valence electrons. The van der Waals surface area contributed by atoms with Crippen molar-refractivity contribution < 1.29 is 22.7 Å². The third-order valence-electron chi connectivity index (χ3n) is 3.98. The van der Waals surface area contributed by atoms with Crippen LogP contribution in [0, 0.1) is 0 Å². The molecule has 2 aromatic heterocycles. The van der Waals surface area contributed by atoms with Crippen molar-refractivity contribution in [1.29, 1.82) is 0 Å². The lowest BCUT2D eigenvalue weighted by atomic mass is 10.2. The number of amides is 1. The van der Waals surface area contributed by atoms with Gasteiger partial charge in [-0.15, -0.1) is 0 Å². The lowest BCUT2D eigenvalue weighted by Gasteiger charge is -2.11. The van der Waals surface area contributed by atoms with Gasteiger partial charge in [0.15, 0.2) is 5.65 Å². The lowest BCUT2D eigenvalue weighted by Crippen LogP contribution is -2.25. The van der Waals surface area contributed by atoms with Gasteiger partial charge < -0.3 is 10.1 Å². The van der Waals surface area contributed by atoms with Crippen LogP contribution in [-0.4, -0.2) is 40.3 Å². The number of alkyl halides is 3. The van der Waals surface area contributed by atoms with Crippen LogP contribution in [-0.2, 0) is 10.9 Å². The molecule has 0 saturated heterocycles. The molecule has 1 saturated carbocycles. The number of carbonyl (C=O) groups excluding carboxylic acids is 1. The molecule has 1 amide bonds. The van der Waals surface area contributed by atoms with Gasteiger partial charge in [0, 0.05) is 31.4 Å². The van der Waals surface area contributed by atoms with Gasteiger partial charge in [-0.25, -0.2) is 9.50 Å². The normalized spacial score (nSPS) is 14.9. The summed E-state index contributed by atoms with van der Waals surface area (Å²) in [5.74, 6) is -0.455. The summed E-state index contributed by atoms with van der Waals surface area (Å²) in [5, 5.41) is 6.40. The standard InChI is InChI=1S/C16H19F3N4O2/c1-2-25-7-3-6-20-15(24)11-9-21-23-13(16(17,18)19)8-12(10-4-5-10)22-14(11)23/h8-10H,2-7H2,1H3,(H,20,24). The molecule has 0 radical (unpaired) electrons. The first-order chi connectivity index (χ1) is 11.9. The van der Waals surface area contributed by atoms with Gasteiger partial charge in [-0.05, 0) is 32.3 Å². The smallest absolute Gasteiger partial charge is 0.382 e. The van der Waals surface area contributed by atoms with Crippen molar-refractivity contribution in [2.45, 2.75) is 38.3 Å². The average Bonchev–Trinajstić information content (AvgIpc) is 3.32. The summed E-state index contributed by atoms with van der Waals surface area (Å²) in [6.07, 6.45) is -1.19. The number of aromatic nitrogens is 3. The van der Waals surface area contributed by atoms with E-state index in [2.05, 4.69) is 15.4 Å². The fourth-order valence-corrected chi connectivity index (χ4v) is 2.55. The molecule has 25 heavy (non-hydrogen) atoms. The van der Waals surface area contributed by atoms with Crippen LogP contribution >= 0.6 is 0 Å². The highest BCUT2D eigenvalue weighted by molar-refractivity contribution is 5.99. The van der Waals surface area contributed by atoms with E-state index in [-0.39, 0.29) is 17.1 Å². The monoisotopic (exact) mass is 356 g/mol. The third-order valence-corrected chi connectivity index (χ3v) is 3.98. The second-order valence-electron chi connectivity index (χ2n) is 5.94. The van der Waals surface area contributed by atoms with Crippen LogP contribution in [0.25, 0.3) is 5.65 Å². The zero-order chi connectivity index (χ0) is 18.0. The van der Waals surface area contributed by atoms with Gasteiger partial charge in [0.05, 0.1) is 6.20 Å². The summed E-state index contributed by atoms with van der Waals surface area (Å²) in [6, 6.07) is 1.03. The minimum Gasteiger partial charge on any atom is -0.382 e. The fraction of sp³-hybridized carbons (Fsp3) is 0.562. The number of hydrogen-bond donors (Lipinski definition) is 1. The zero-order valence-corrected chi connectivity index (χ0v) is 13.8. The van der Waals surface area contributed by atoms with Crippen molar-refractivity contribution >= 4 is 11.6 Å². The van der Waals surface area contributed by atoms with E-state index in [1.54, 1.807) is 0 Å². The van der Waals surface area contributed by atoms with Crippen LogP contribution in [0.5, 0.6) is 0 Å². The molecule has 0 unspecified atom stereocenters. The zero-order valence-electron chi connectivity index (χ0n) is 13.8. The highest BCUT2D eigenvalue weighted by atomic mass is 19.4. The number of ether oxygens (including phenoxy) is 1. The molecule has 1 N–H and O–H groups in total. The second kappa shape index (κ2) is 6.99. The number of halogens is 3. The lowest BCUT2D eigenvalue weighted by molar-refractivity contribution is -0.142. The molecular weight excluding hydrogens is 337 g/mol. The van der Waals surface area contributed by atoms with E-state index < -0.39 is 17.8 Å². The summed E-state index contributed by atoms with van der Waals surface area (Å²) in [5.41, 5.74) is -0.552. The topological polar surface area (TPSA) is 68.5 Å². The van der Waals surface area contributed by atoms with Gasteiger partial charge >= 0.3 is 6.18 Å². The molecule has 2 heterocycles. The molecule has 0 atom stereocenters. The van der Waals surface area contributed by atoms with Crippen LogP contribution in [0.1, 0.15) is 53.8 Å². The predicted octanol–water partition coefficient (Wildman–Crippen LogP) is 2.78. The van der Waals surface area contributed by atoms with E-state index in [1.807, 2.05) is 6.92 Å². The molecule has 0 bridgehead atoms. The first kappa shape index (κ1) is 17.7. The molecule has 1 fully saturated rings. The summed E-state index contributed by atoms with van der Waals surface area (Å²) in [7, 11) is 0. The van der Waals surface area contributed by atoms with E-state index in [9.17, 15) is 18.0 Å². The Hall–Kier alpha value is -2.16. The van der Waals surface area contributed by atoms with Crippen LogP contribution in [0.4, 0.5) is 13.2 Å². The van der Waals surface area contributed by atoms with Gasteiger partial charge in [0.1, 0.15) is 11.3 Å². The number of carbonyl (C=O) groups is 1. The maximum absolute atomic E-state index is 13.3. The molecule has 0 spiro atoms. The Labute approximate surface area is 142 Å². The SMILES string of the molecule is CCOCCCNC(=O)c1cnn2c(C(F)(F)F)cc(C3CC3)nc12. The minimum absolute atomic E-state index is 0.0307. The Balaban J connectivity index is 1.86. The van der Waals surface area contributed by atoms with Gasteiger partial charge in [-0.1, -0.05) is 0 Å². The van der Waals surface area contributed by atoms with E-state index in [0.717, 1.165) is 25.1 Å². The number of fused-ring (bicyclic) bond motifs is 1. The predicted molar refractivity (Wildman–Crippen MR) is 83.4 cm³/mol. The quantitative estimate of drug-likeness (QED) is 0.775. The highest BCUT2D eigenvalue weighted by Crippen LogP contribution is 2.41. The van der Waals surface area contributed by atoms with Gasteiger partial charge in [-0.2, -0.15) is 18.3 Å². The Kier molecular flexibility index (Phi) is 4.94. The van der Waals surface area contributed by atoms with Gasteiger partial charge in [-0.3, -0.25) is 4.79 Å². The van der Waals surface area contributed by atoms with E-state index in [0.29, 0.717) is 36.4 Å². The maximum atomic E-state index is 13.3. The van der Waals surface area contributed by atoms with E-state index in [1.165, 1.54) is 0 Å². The number of nitrogens with one attached hydrogen (secondary N) is 1. The summed E-state index contributed by atoms with van der Waals surface area (Å²) >= 11 is 0. The van der Waals surface area contributed by atoms with Crippen molar-refractivity contribution in [3.8, 4) is 0 Å². The summed E-state index contributed by atoms with van der Waals surface area (Å²) < 4.78 is 45.8. The van der Waals surface area contributed by atoms with Crippen molar-refractivity contribution in [3.63, 3.8) is 0 Å². The first-order valence-corrected chi connectivity index (χ1v) is 8.23. The van der Waals surface area contributed by atoms with Crippen molar-refractivity contribution in [1.82, 2.24) is 19.9 Å². The molecule has 1 aliphatic carbocycles. The summed E-state index contributed by atoms with van der Waals surface area (Å²) in [4.78, 5) is 16.5. The van der Waals surface area contributed by atoms with Crippen LogP contribution in [0.15, 0.2) is 12.3 Å². The Morgan fingerprint density at radius 2 is 2.20 bits per heavy atom. The maximum Gasteiger partial charge on any atom is 0.433 e. The van der Waals surface area contributed by atoms with Crippen LogP contribution in [0.2, 0.25) is 0 Å². The number of rotatable bonds is 7. The average molecular weight is 356 g/mol. The Morgan fingerprint density at radius 1 is 1.44 bits per heavy atom. The van der Waals surface area contributed by atoms with Crippen molar-refractivity contribution in [3.05, 3.63) is 29.2 Å². The number of nitrogens with zero attached hydrogens (tertiary/aromatic N) is 3. The Bertz CT molecular complexity index is 769. The molecule has 0 aliphatic heterocycles. The molecule has 0 aromatic carbocycles. The molecule has 2 aromatic rings.